The lowest BCUT2D eigenvalue weighted by atomic mass is 10.0. The van der Waals surface area contributed by atoms with Crippen molar-refractivity contribution >= 4 is 51.9 Å². The second-order valence-electron chi connectivity index (χ2n) is 5.78. The molecule has 0 amide bonds. The van der Waals surface area contributed by atoms with Gasteiger partial charge in [-0.1, -0.05) is 47.5 Å². The van der Waals surface area contributed by atoms with E-state index in [1.54, 1.807) is 24.6 Å². The zero-order valence-corrected chi connectivity index (χ0v) is 17.3. The van der Waals surface area contributed by atoms with Crippen LogP contribution in [0.5, 0.6) is 0 Å². The topological polar surface area (TPSA) is 63.6 Å². The van der Waals surface area contributed by atoms with E-state index in [-0.39, 0.29) is 12.4 Å². The molecule has 0 saturated carbocycles. The molecule has 0 fully saturated rings. The molecule has 0 atom stereocenters. The van der Waals surface area contributed by atoms with Crippen LogP contribution in [0.2, 0.25) is 10.0 Å². The Bertz CT molecular complexity index is 967. The van der Waals surface area contributed by atoms with E-state index >= 15 is 0 Å². The van der Waals surface area contributed by atoms with Gasteiger partial charge in [-0.2, -0.15) is 5.10 Å². The number of nitrogens with zero attached hydrogens (tertiary/aromatic N) is 2. The Balaban J connectivity index is 1.59. The van der Waals surface area contributed by atoms with Gasteiger partial charge < -0.3 is 4.74 Å². The van der Waals surface area contributed by atoms with Crippen molar-refractivity contribution in [2.45, 2.75) is 13.3 Å². The molecule has 3 aromatic rings. The third kappa shape index (κ3) is 5.79. The molecule has 1 N–H and O–H groups in total. The summed E-state index contributed by atoms with van der Waals surface area (Å²) in [6.45, 7) is 2.14. The summed E-state index contributed by atoms with van der Waals surface area (Å²) in [4.78, 5) is 15.8. The van der Waals surface area contributed by atoms with Crippen LogP contribution >= 0.6 is 34.5 Å². The van der Waals surface area contributed by atoms with E-state index in [0.717, 1.165) is 16.7 Å². The fourth-order valence-corrected chi connectivity index (χ4v) is 3.63. The van der Waals surface area contributed by atoms with E-state index in [0.29, 0.717) is 27.5 Å². The zero-order valence-electron chi connectivity index (χ0n) is 15.0. The van der Waals surface area contributed by atoms with Crippen molar-refractivity contribution in [1.29, 1.82) is 0 Å². The molecule has 3 rings (SSSR count). The first kappa shape index (κ1) is 20.3. The molecule has 0 bridgehead atoms. The van der Waals surface area contributed by atoms with Gasteiger partial charge in [0, 0.05) is 15.4 Å². The minimum absolute atomic E-state index is 0.157. The van der Waals surface area contributed by atoms with Crippen molar-refractivity contribution in [2.24, 2.45) is 5.10 Å². The molecule has 0 saturated heterocycles. The number of benzene rings is 2. The molecule has 0 radical (unpaired) electrons. The summed E-state index contributed by atoms with van der Waals surface area (Å²) in [6.07, 6.45) is 1.85. The maximum atomic E-state index is 11.5. The van der Waals surface area contributed by atoms with Crippen LogP contribution in [-0.4, -0.2) is 23.8 Å². The van der Waals surface area contributed by atoms with Crippen molar-refractivity contribution in [3.8, 4) is 11.1 Å². The molecule has 0 unspecified atom stereocenters. The minimum Gasteiger partial charge on any atom is -0.466 e. The lowest BCUT2D eigenvalue weighted by Gasteiger charge is -2.04. The molecule has 0 aliphatic heterocycles. The van der Waals surface area contributed by atoms with Crippen LogP contribution in [-0.2, 0) is 16.0 Å². The van der Waals surface area contributed by atoms with E-state index in [2.05, 4.69) is 15.5 Å². The first-order chi connectivity index (χ1) is 13.5. The van der Waals surface area contributed by atoms with Crippen LogP contribution in [0, 0.1) is 0 Å². The Kier molecular flexibility index (Phi) is 7.03. The summed E-state index contributed by atoms with van der Waals surface area (Å²) < 4.78 is 4.91. The Labute approximate surface area is 177 Å². The van der Waals surface area contributed by atoms with Gasteiger partial charge in [0.2, 0.25) is 5.13 Å². The number of hydrogen-bond acceptors (Lipinski definition) is 6. The third-order valence-corrected chi connectivity index (χ3v) is 4.90. The number of hydrogen-bond donors (Lipinski definition) is 1. The zero-order chi connectivity index (χ0) is 19.9. The summed E-state index contributed by atoms with van der Waals surface area (Å²) in [7, 11) is 0. The van der Waals surface area contributed by atoms with Crippen molar-refractivity contribution in [3.63, 3.8) is 0 Å². The number of carbonyl (C=O) groups is 1. The van der Waals surface area contributed by atoms with Gasteiger partial charge in [-0.05, 0) is 41.8 Å². The number of anilines is 1. The van der Waals surface area contributed by atoms with E-state index in [9.17, 15) is 4.79 Å². The molecule has 5 nitrogen and oxygen atoms in total. The summed E-state index contributed by atoms with van der Waals surface area (Å²) in [6, 6.07) is 13.3. The molecule has 0 aliphatic rings. The van der Waals surface area contributed by atoms with Gasteiger partial charge in [-0.25, -0.2) is 4.98 Å². The Morgan fingerprint density at radius 1 is 1.18 bits per heavy atom. The first-order valence-electron chi connectivity index (χ1n) is 8.49. The second-order valence-corrected chi connectivity index (χ2v) is 7.51. The number of rotatable bonds is 7. The highest BCUT2D eigenvalue weighted by atomic mass is 35.5. The molecule has 1 heterocycles. The molecule has 1 aromatic heterocycles. The van der Waals surface area contributed by atoms with Crippen LogP contribution in [0.15, 0.2) is 52.9 Å². The number of carbonyl (C=O) groups excluding carboxylic acids is 1. The Hall–Kier alpha value is -2.41. The van der Waals surface area contributed by atoms with Crippen molar-refractivity contribution < 1.29 is 9.53 Å². The van der Waals surface area contributed by atoms with Crippen molar-refractivity contribution in [2.75, 3.05) is 12.0 Å². The molecule has 144 valence electrons. The number of halogens is 2. The lowest BCUT2D eigenvalue weighted by Crippen LogP contribution is -2.07. The van der Waals surface area contributed by atoms with Gasteiger partial charge in [-0.15, -0.1) is 11.3 Å². The fourth-order valence-electron chi connectivity index (χ4n) is 2.44. The third-order valence-electron chi connectivity index (χ3n) is 3.66. The van der Waals surface area contributed by atoms with E-state index < -0.39 is 0 Å². The van der Waals surface area contributed by atoms with Crippen molar-refractivity contribution in [1.82, 2.24) is 4.98 Å². The summed E-state index contributed by atoms with van der Waals surface area (Å²) in [5, 5.41) is 7.80. The predicted octanol–water partition coefficient (Wildman–Crippen LogP) is 5.67. The molecule has 0 spiro atoms. The molecule has 0 aliphatic carbocycles. The van der Waals surface area contributed by atoms with Gasteiger partial charge in [0.1, 0.15) is 0 Å². The highest BCUT2D eigenvalue weighted by Gasteiger charge is 2.08. The van der Waals surface area contributed by atoms with Gasteiger partial charge in [0.25, 0.3) is 0 Å². The van der Waals surface area contributed by atoms with E-state index in [4.69, 9.17) is 27.9 Å². The van der Waals surface area contributed by atoms with Crippen LogP contribution in [0.3, 0.4) is 0 Å². The first-order valence-corrected chi connectivity index (χ1v) is 10.1. The normalized spacial score (nSPS) is 11.0. The summed E-state index contributed by atoms with van der Waals surface area (Å²) >= 11 is 13.5. The average molecular weight is 434 g/mol. The average Bonchev–Trinajstić information content (AvgIpc) is 3.09. The maximum absolute atomic E-state index is 11.5. The van der Waals surface area contributed by atoms with E-state index in [1.807, 2.05) is 36.4 Å². The van der Waals surface area contributed by atoms with Crippen LogP contribution in [0.25, 0.3) is 11.1 Å². The van der Waals surface area contributed by atoms with Crippen molar-refractivity contribution in [3.05, 3.63) is 69.1 Å². The SMILES string of the molecule is CCOC(=O)Cc1csc(NN=Cc2ccc(-c3cc(Cl)cc(Cl)c3)cc2)n1. The molecule has 2 aromatic carbocycles. The number of hydrazone groups is 1. The Morgan fingerprint density at radius 2 is 1.89 bits per heavy atom. The number of ether oxygens (including phenoxy) is 1. The molecule has 28 heavy (non-hydrogen) atoms. The van der Waals surface area contributed by atoms with Gasteiger partial charge in [0.05, 0.1) is 24.9 Å². The van der Waals surface area contributed by atoms with Gasteiger partial charge in [0.15, 0.2) is 0 Å². The Morgan fingerprint density at radius 3 is 2.57 bits per heavy atom. The largest absolute Gasteiger partial charge is 0.466 e. The standard InChI is InChI=1S/C20H17Cl2N3O2S/c1-2-27-19(26)10-18-12-28-20(24-18)25-23-11-13-3-5-14(6-4-13)15-7-16(21)9-17(22)8-15/h3-9,11-12H,2,10H2,1H3,(H,24,25). The summed E-state index contributed by atoms with van der Waals surface area (Å²) in [5.41, 5.74) is 6.42. The predicted molar refractivity (Wildman–Crippen MR) is 116 cm³/mol. The number of thiazole rings is 1. The molecule has 8 heteroatoms. The maximum Gasteiger partial charge on any atom is 0.311 e. The summed E-state index contributed by atoms with van der Waals surface area (Å²) in [5.74, 6) is -0.288. The molecular formula is C20H17Cl2N3O2S. The second kappa shape index (κ2) is 9.68. The number of esters is 1. The van der Waals surface area contributed by atoms with Gasteiger partial charge in [-0.3, -0.25) is 10.2 Å². The van der Waals surface area contributed by atoms with E-state index in [1.165, 1.54) is 11.3 Å². The van der Waals surface area contributed by atoms with Gasteiger partial charge >= 0.3 is 5.97 Å². The number of aromatic nitrogens is 1. The fraction of sp³-hybridized carbons (Fsp3) is 0.150. The smallest absolute Gasteiger partial charge is 0.311 e. The minimum atomic E-state index is -0.288. The highest BCUT2D eigenvalue weighted by Crippen LogP contribution is 2.27. The van der Waals surface area contributed by atoms with Crippen LogP contribution in [0.1, 0.15) is 18.2 Å². The quantitative estimate of drug-likeness (QED) is 0.296. The lowest BCUT2D eigenvalue weighted by molar-refractivity contribution is -0.142. The van der Waals surface area contributed by atoms with Crippen LogP contribution < -0.4 is 5.43 Å². The van der Waals surface area contributed by atoms with Crippen LogP contribution in [0.4, 0.5) is 5.13 Å². The number of nitrogens with one attached hydrogen (secondary N) is 1. The monoisotopic (exact) mass is 433 g/mol. The molecular weight excluding hydrogens is 417 g/mol. The highest BCUT2D eigenvalue weighted by molar-refractivity contribution is 7.13.